The number of rotatable bonds is 5. The molecule has 2 aromatic carbocycles. The molecule has 0 bridgehead atoms. The van der Waals surface area contributed by atoms with Crippen molar-refractivity contribution in [2.75, 3.05) is 7.05 Å². The Hall–Kier alpha value is -2.59. The molecule has 146 valence electrons. The summed E-state index contributed by atoms with van der Waals surface area (Å²) in [5.74, 6) is 0.449. The topological polar surface area (TPSA) is 96.6 Å². The number of sulfonamides is 1. The van der Waals surface area contributed by atoms with E-state index in [0.717, 1.165) is 17.7 Å². The molecule has 0 spiro atoms. The van der Waals surface area contributed by atoms with Crippen LogP contribution in [0.5, 0.6) is 0 Å². The second-order valence-corrected chi connectivity index (χ2v) is 7.22. The summed E-state index contributed by atoms with van der Waals surface area (Å²) in [5.41, 5.74) is 0.778. The number of alkyl halides is 3. The molecule has 2 rings (SSSR count). The molecule has 0 amide bonds. The van der Waals surface area contributed by atoms with Gasteiger partial charge < -0.3 is 10.6 Å². The van der Waals surface area contributed by atoms with Crippen LogP contribution < -0.4 is 15.8 Å². The van der Waals surface area contributed by atoms with Gasteiger partial charge in [0.05, 0.1) is 10.5 Å². The largest absolute Gasteiger partial charge is 0.416 e. The fourth-order valence-electron chi connectivity index (χ4n) is 2.20. The van der Waals surface area contributed by atoms with Gasteiger partial charge in [0.15, 0.2) is 5.96 Å². The van der Waals surface area contributed by atoms with Crippen LogP contribution in [0.3, 0.4) is 0 Å². The zero-order valence-corrected chi connectivity index (χ0v) is 15.2. The van der Waals surface area contributed by atoms with Crippen molar-refractivity contribution in [2.24, 2.45) is 10.1 Å². The molecule has 0 unspecified atom stereocenters. The van der Waals surface area contributed by atoms with E-state index < -0.39 is 21.8 Å². The predicted octanol–water partition coefficient (Wildman–Crippen LogP) is 2.22. The number of hydrogen-bond donors (Lipinski definition) is 3. The highest BCUT2D eigenvalue weighted by Crippen LogP contribution is 2.29. The number of halogens is 3. The normalized spacial score (nSPS) is 12.7. The number of guanidine groups is 1. The van der Waals surface area contributed by atoms with Crippen LogP contribution in [0.1, 0.15) is 16.7 Å². The lowest BCUT2D eigenvalue weighted by Gasteiger charge is -2.13. The Bertz CT molecular complexity index is 893. The minimum Gasteiger partial charge on any atom is -0.352 e. The summed E-state index contributed by atoms with van der Waals surface area (Å²) in [7, 11) is -2.17. The molecule has 0 aromatic heterocycles. The Morgan fingerprint density at radius 1 is 0.963 bits per heavy atom. The van der Waals surface area contributed by atoms with Gasteiger partial charge in [-0.25, -0.2) is 13.6 Å². The lowest BCUT2D eigenvalue weighted by atomic mass is 10.1. The summed E-state index contributed by atoms with van der Waals surface area (Å²) in [6.45, 7) is 0.666. The summed E-state index contributed by atoms with van der Waals surface area (Å²) < 4.78 is 60.1. The van der Waals surface area contributed by atoms with E-state index in [2.05, 4.69) is 15.6 Å². The predicted molar refractivity (Wildman–Crippen MR) is 96.3 cm³/mol. The third-order valence-corrected chi connectivity index (χ3v) is 4.61. The monoisotopic (exact) mass is 400 g/mol. The summed E-state index contributed by atoms with van der Waals surface area (Å²) >= 11 is 0. The van der Waals surface area contributed by atoms with Crippen LogP contribution in [-0.4, -0.2) is 21.4 Å². The maximum absolute atomic E-state index is 12.6. The fourth-order valence-corrected chi connectivity index (χ4v) is 2.72. The SMILES string of the molecule is CN=C(NCc1ccc(C(F)(F)F)cc1)NCc1ccc(S(N)(=O)=O)cc1. The van der Waals surface area contributed by atoms with Gasteiger partial charge in [0, 0.05) is 20.1 Å². The molecule has 0 aliphatic heterocycles. The lowest BCUT2D eigenvalue weighted by Crippen LogP contribution is -2.36. The Kier molecular flexibility index (Phi) is 6.45. The van der Waals surface area contributed by atoms with E-state index in [1.54, 1.807) is 19.2 Å². The minimum absolute atomic E-state index is 0.0241. The molecule has 0 aliphatic carbocycles. The fraction of sp³-hybridized carbons (Fsp3) is 0.235. The van der Waals surface area contributed by atoms with Crippen LogP contribution in [0.15, 0.2) is 58.4 Å². The number of aliphatic imine (C=N–C) groups is 1. The number of nitrogens with zero attached hydrogens (tertiary/aromatic N) is 1. The molecule has 0 atom stereocenters. The number of benzene rings is 2. The summed E-state index contributed by atoms with van der Waals surface area (Å²) in [5, 5.41) is 11.1. The van der Waals surface area contributed by atoms with Crippen molar-refractivity contribution >= 4 is 16.0 Å². The molecule has 2 aromatic rings. The van der Waals surface area contributed by atoms with Crippen molar-refractivity contribution in [3.8, 4) is 0 Å². The first kappa shape index (κ1) is 20.7. The zero-order chi connectivity index (χ0) is 20.1. The third kappa shape index (κ3) is 6.26. The third-order valence-electron chi connectivity index (χ3n) is 3.68. The van der Waals surface area contributed by atoms with Crippen molar-refractivity contribution in [1.29, 1.82) is 0 Å². The van der Waals surface area contributed by atoms with E-state index in [9.17, 15) is 21.6 Å². The maximum atomic E-state index is 12.6. The molecular weight excluding hydrogens is 381 g/mol. The van der Waals surface area contributed by atoms with Gasteiger partial charge in [0.1, 0.15) is 0 Å². The molecular formula is C17H19F3N4O2S. The molecule has 6 nitrogen and oxygen atoms in total. The number of hydrogen-bond acceptors (Lipinski definition) is 3. The Labute approximate surface area is 155 Å². The summed E-state index contributed by atoms with van der Waals surface area (Å²) in [4.78, 5) is 4.05. The van der Waals surface area contributed by atoms with Gasteiger partial charge in [-0.2, -0.15) is 13.2 Å². The Morgan fingerprint density at radius 3 is 1.78 bits per heavy atom. The van der Waals surface area contributed by atoms with Crippen molar-refractivity contribution < 1.29 is 21.6 Å². The van der Waals surface area contributed by atoms with E-state index in [-0.39, 0.29) is 4.90 Å². The maximum Gasteiger partial charge on any atom is 0.416 e. The van der Waals surface area contributed by atoms with Gasteiger partial charge in [-0.05, 0) is 35.4 Å². The van der Waals surface area contributed by atoms with Crippen LogP contribution in [0.2, 0.25) is 0 Å². The van der Waals surface area contributed by atoms with E-state index in [1.165, 1.54) is 24.3 Å². The number of primary sulfonamides is 1. The molecule has 27 heavy (non-hydrogen) atoms. The number of nitrogens with one attached hydrogen (secondary N) is 2. The highest BCUT2D eigenvalue weighted by molar-refractivity contribution is 7.89. The van der Waals surface area contributed by atoms with E-state index in [1.807, 2.05) is 0 Å². The molecule has 0 radical (unpaired) electrons. The number of nitrogens with two attached hydrogens (primary N) is 1. The molecule has 0 fully saturated rings. The quantitative estimate of drug-likeness (QED) is 0.530. The smallest absolute Gasteiger partial charge is 0.352 e. The average molecular weight is 400 g/mol. The standard InChI is InChI=1S/C17H19F3N4O2S/c1-22-16(23-10-12-2-6-14(7-3-12)17(18,19)20)24-11-13-4-8-15(9-5-13)27(21,25)26/h2-9H,10-11H2,1H3,(H2,21,25,26)(H2,22,23,24). The van der Waals surface area contributed by atoms with Crippen molar-refractivity contribution in [3.05, 3.63) is 65.2 Å². The van der Waals surface area contributed by atoms with Crippen molar-refractivity contribution in [3.63, 3.8) is 0 Å². The first-order valence-corrected chi connectivity index (χ1v) is 9.36. The average Bonchev–Trinajstić information content (AvgIpc) is 2.61. The second kappa shape index (κ2) is 8.40. The van der Waals surface area contributed by atoms with Crippen molar-refractivity contribution in [1.82, 2.24) is 10.6 Å². The first-order valence-electron chi connectivity index (χ1n) is 7.82. The van der Waals surface area contributed by atoms with Gasteiger partial charge in [0.2, 0.25) is 10.0 Å². The highest BCUT2D eigenvalue weighted by Gasteiger charge is 2.29. The zero-order valence-electron chi connectivity index (χ0n) is 14.4. The molecule has 10 heteroatoms. The lowest BCUT2D eigenvalue weighted by molar-refractivity contribution is -0.137. The van der Waals surface area contributed by atoms with Crippen molar-refractivity contribution in [2.45, 2.75) is 24.2 Å². The van der Waals surface area contributed by atoms with E-state index in [0.29, 0.717) is 24.6 Å². The van der Waals surface area contributed by atoms with Gasteiger partial charge >= 0.3 is 6.18 Å². The second-order valence-electron chi connectivity index (χ2n) is 5.66. The van der Waals surface area contributed by atoms with Gasteiger partial charge in [-0.15, -0.1) is 0 Å². The highest BCUT2D eigenvalue weighted by atomic mass is 32.2. The summed E-state index contributed by atoms with van der Waals surface area (Å²) in [6.07, 6.45) is -4.36. The Balaban J connectivity index is 1.89. The van der Waals surface area contributed by atoms with Gasteiger partial charge in [0.25, 0.3) is 0 Å². The molecule has 0 saturated heterocycles. The van der Waals surface area contributed by atoms with Gasteiger partial charge in [-0.3, -0.25) is 4.99 Å². The van der Waals surface area contributed by atoms with E-state index in [4.69, 9.17) is 5.14 Å². The first-order chi connectivity index (χ1) is 12.6. The Morgan fingerprint density at radius 2 is 1.41 bits per heavy atom. The van der Waals surface area contributed by atoms with Crippen LogP contribution in [-0.2, 0) is 29.3 Å². The van der Waals surface area contributed by atoms with E-state index >= 15 is 0 Å². The molecule has 0 saturated carbocycles. The summed E-state index contributed by atoms with van der Waals surface area (Å²) in [6, 6.07) is 10.9. The molecule has 4 N–H and O–H groups in total. The van der Waals surface area contributed by atoms with Crippen LogP contribution >= 0.6 is 0 Å². The van der Waals surface area contributed by atoms with Crippen LogP contribution in [0.4, 0.5) is 13.2 Å². The van der Waals surface area contributed by atoms with Crippen LogP contribution in [0, 0.1) is 0 Å². The van der Waals surface area contributed by atoms with Gasteiger partial charge in [-0.1, -0.05) is 24.3 Å². The van der Waals surface area contributed by atoms with Crippen LogP contribution in [0.25, 0.3) is 0 Å². The minimum atomic E-state index is -4.36. The molecule has 0 heterocycles. The molecule has 0 aliphatic rings.